The number of nitrogens with one attached hydrogen (secondary N) is 1. The van der Waals surface area contributed by atoms with Gasteiger partial charge >= 0.3 is 5.69 Å². The van der Waals surface area contributed by atoms with Gasteiger partial charge in [-0.1, -0.05) is 13.8 Å². The molecule has 2 heterocycles. The molecule has 27 heavy (non-hydrogen) atoms. The van der Waals surface area contributed by atoms with Crippen LogP contribution in [0, 0.1) is 16.7 Å². The summed E-state index contributed by atoms with van der Waals surface area (Å²) in [6.45, 7) is 4.95. The number of hydrogen-bond donors (Lipinski definition) is 1. The lowest BCUT2D eigenvalue weighted by Gasteiger charge is -2.49. The molecule has 3 saturated carbocycles. The maximum absolute atomic E-state index is 12.9. The van der Waals surface area contributed by atoms with E-state index in [1.807, 2.05) is 13.8 Å². The Bertz CT molecular complexity index is 1010. The predicted molar refractivity (Wildman–Crippen MR) is 103 cm³/mol. The van der Waals surface area contributed by atoms with Crippen LogP contribution in [0.4, 0.5) is 0 Å². The van der Waals surface area contributed by atoms with E-state index in [0.29, 0.717) is 24.3 Å². The van der Waals surface area contributed by atoms with Crippen LogP contribution in [-0.2, 0) is 18.5 Å². The Morgan fingerprint density at radius 3 is 2.19 bits per heavy atom. The van der Waals surface area contributed by atoms with Crippen molar-refractivity contribution >= 4 is 11.2 Å². The van der Waals surface area contributed by atoms with E-state index in [1.54, 1.807) is 4.57 Å². The zero-order valence-corrected chi connectivity index (χ0v) is 16.2. The molecule has 7 nitrogen and oxygen atoms in total. The van der Waals surface area contributed by atoms with Crippen molar-refractivity contribution in [3.63, 3.8) is 0 Å². The lowest BCUT2D eigenvalue weighted by molar-refractivity contribution is 0.0798. The standard InChI is InChI=1S/C20H27N5O2/c1-3-11-24-15-14(16(26)25(12-4-2)18(24)27)22-17(23-15)20-8-5-19(13-21,6-9-20)7-10-20/h3-12H2,1-2H3,(H,22,23). The van der Waals surface area contributed by atoms with Gasteiger partial charge in [0.25, 0.3) is 5.56 Å². The molecule has 0 saturated heterocycles. The summed E-state index contributed by atoms with van der Waals surface area (Å²) < 4.78 is 2.98. The van der Waals surface area contributed by atoms with Gasteiger partial charge in [0.1, 0.15) is 11.3 Å². The lowest BCUT2D eigenvalue weighted by Crippen LogP contribution is -2.44. The average molecular weight is 369 g/mol. The third-order valence-electron chi connectivity index (χ3n) is 6.74. The van der Waals surface area contributed by atoms with Gasteiger partial charge in [-0.15, -0.1) is 0 Å². The van der Waals surface area contributed by atoms with Gasteiger partial charge in [0.05, 0.1) is 11.5 Å². The highest BCUT2D eigenvalue weighted by Crippen LogP contribution is 2.56. The molecule has 2 aromatic rings. The normalized spacial score (nSPS) is 27.1. The summed E-state index contributed by atoms with van der Waals surface area (Å²) in [6, 6.07) is 2.53. The van der Waals surface area contributed by atoms with Crippen molar-refractivity contribution in [3.05, 3.63) is 26.7 Å². The minimum atomic E-state index is -0.266. The number of hydrogen-bond acceptors (Lipinski definition) is 4. The molecular formula is C20H27N5O2. The SMILES string of the molecule is CCCn1c(=O)c2[nH]c(C34CCC(C#N)(CC3)CC4)nc2n(CCC)c1=O. The summed E-state index contributed by atoms with van der Waals surface area (Å²) in [5.41, 5.74) is 0.160. The molecule has 3 aliphatic rings. The quantitative estimate of drug-likeness (QED) is 0.876. The topological polar surface area (TPSA) is 96.5 Å². The van der Waals surface area contributed by atoms with E-state index in [9.17, 15) is 14.9 Å². The number of aromatic nitrogens is 4. The van der Waals surface area contributed by atoms with E-state index in [-0.39, 0.29) is 22.1 Å². The monoisotopic (exact) mass is 369 g/mol. The van der Waals surface area contributed by atoms with Crippen molar-refractivity contribution in [2.45, 2.75) is 83.7 Å². The number of imidazole rings is 1. The Balaban J connectivity index is 1.87. The van der Waals surface area contributed by atoms with E-state index < -0.39 is 0 Å². The maximum atomic E-state index is 12.9. The van der Waals surface area contributed by atoms with Crippen LogP contribution in [0.1, 0.15) is 71.0 Å². The second-order valence-corrected chi connectivity index (χ2v) is 8.35. The highest BCUT2D eigenvalue weighted by Gasteiger charge is 2.51. The fraction of sp³-hybridized carbons (Fsp3) is 0.700. The predicted octanol–water partition coefficient (Wildman–Crippen LogP) is 2.82. The second-order valence-electron chi connectivity index (χ2n) is 8.35. The van der Waals surface area contributed by atoms with Crippen molar-refractivity contribution in [2.75, 3.05) is 0 Å². The second kappa shape index (κ2) is 6.36. The molecule has 2 aromatic heterocycles. The van der Waals surface area contributed by atoms with Crippen molar-refractivity contribution in [1.29, 1.82) is 5.26 Å². The first kappa shape index (κ1) is 18.0. The summed E-state index contributed by atoms with van der Waals surface area (Å²) >= 11 is 0. The molecule has 5 rings (SSSR count). The first-order valence-corrected chi connectivity index (χ1v) is 10.1. The number of nitriles is 1. The smallest absolute Gasteiger partial charge is 0.332 e. The molecule has 144 valence electrons. The van der Waals surface area contributed by atoms with Gasteiger partial charge in [-0.25, -0.2) is 9.78 Å². The largest absolute Gasteiger partial charge is 0.336 e. The number of rotatable bonds is 5. The van der Waals surface area contributed by atoms with Crippen LogP contribution in [-0.4, -0.2) is 19.1 Å². The van der Waals surface area contributed by atoms with Crippen molar-refractivity contribution in [1.82, 2.24) is 19.1 Å². The van der Waals surface area contributed by atoms with Gasteiger partial charge in [-0.05, 0) is 51.4 Å². The number of nitrogens with zero attached hydrogens (tertiary/aromatic N) is 4. The summed E-state index contributed by atoms with van der Waals surface area (Å²) in [7, 11) is 0. The summed E-state index contributed by atoms with van der Waals surface area (Å²) in [5, 5.41) is 9.52. The van der Waals surface area contributed by atoms with Crippen molar-refractivity contribution in [3.8, 4) is 6.07 Å². The maximum Gasteiger partial charge on any atom is 0.332 e. The van der Waals surface area contributed by atoms with Gasteiger partial charge < -0.3 is 4.98 Å². The zero-order valence-electron chi connectivity index (χ0n) is 16.2. The summed E-state index contributed by atoms with van der Waals surface area (Å²) in [5.74, 6) is 0.833. The summed E-state index contributed by atoms with van der Waals surface area (Å²) in [6.07, 6.45) is 6.96. The molecular weight excluding hydrogens is 342 g/mol. The van der Waals surface area contributed by atoms with E-state index in [0.717, 1.165) is 57.2 Å². The van der Waals surface area contributed by atoms with E-state index in [4.69, 9.17) is 4.98 Å². The molecule has 1 N–H and O–H groups in total. The summed E-state index contributed by atoms with van der Waals surface area (Å²) in [4.78, 5) is 33.9. The molecule has 3 fully saturated rings. The van der Waals surface area contributed by atoms with Gasteiger partial charge in [-0.2, -0.15) is 5.26 Å². The number of H-pyrrole nitrogens is 1. The van der Waals surface area contributed by atoms with Crippen LogP contribution in [0.25, 0.3) is 11.2 Å². The van der Waals surface area contributed by atoms with Crippen LogP contribution in [0.5, 0.6) is 0 Å². The third kappa shape index (κ3) is 2.57. The van der Waals surface area contributed by atoms with Gasteiger partial charge in [0.2, 0.25) is 0 Å². The molecule has 0 aromatic carbocycles. The van der Waals surface area contributed by atoms with Crippen LogP contribution >= 0.6 is 0 Å². The molecule has 0 radical (unpaired) electrons. The Labute approximate surface area is 158 Å². The van der Waals surface area contributed by atoms with Crippen LogP contribution in [0.15, 0.2) is 9.59 Å². The van der Waals surface area contributed by atoms with Gasteiger partial charge in [0.15, 0.2) is 5.65 Å². The average Bonchev–Trinajstić information content (AvgIpc) is 3.16. The highest BCUT2D eigenvalue weighted by atomic mass is 16.2. The van der Waals surface area contributed by atoms with E-state index in [1.165, 1.54) is 4.57 Å². The molecule has 2 bridgehead atoms. The fourth-order valence-electron chi connectivity index (χ4n) is 4.97. The fourth-order valence-corrected chi connectivity index (χ4v) is 4.97. The Kier molecular flexibility index (Phi) is 4.25. The molecule has 0 aliphatic heterocycles. The first-order valence-electron chi connectivity index (χ1n) is 10.1. The van der Waals surface area contributed by atoms with Crippen molar-refractivity contribution in [2.24, 2.45) is 5.41 Å². The minimum Gasteiger partial charge on any atom is -0.336 e. The number of aryl methyl sites for hydroxylation is 1. The Morgan fingerprint density at radius 1 is 1.04 bits per heavy atom. The molecule has 7 heteroatoms. The zero-order chi connectivity index (χ0) is 19.2. The molecule has 0 atom stereocenters. The van der Waals surface area contributed by atoms with Crippen LogP contribution < -0.4 is 11.2 Å². The molecule has 0 spiro atoms. The number of fused-ring (bicyclic) bond motifs is 4. The third-order valence-corrected chi connectivity index (χ3v) is 6.74. The van der Waals surface area contributed by atoms with Crippen LogP contribution in [0.3, 0.4) is 0 Å². The highest BCUT2D eigenvalue weighted by molar-refractivity contribution is 5.70. The van der Waals surface area contributed by atoms with Crippen molar-refractivity contribution < 1.29 is 0 Å². The lowest BCUT2D eigenvalue weighted by atomic mass is 9.54. The minimum absolute atomic E-state index is 0.0905. The molecule has 0 unspecified atom stereocenters. The van der Waals surface area contributed by atoms with E-state index >= 15 is 0 Å². The molecule has 0 amide bonds. The van der Waals surface area contributed by atoms with Gasteiger partial charge in [-0.3, -0.25) is 13.9 Å². The Hall–Kier alpha value is -2.36. The van der Waals surface area contributed by atoms with Gasteiger partial charge in [0, 0.05) is 18.5 Å². The first-order chi connectivity index (χ1) is 13.0. The van der Waals surface area contributed by atoms with E-state index in [2.05, 4.69) is 11.1 Å². The van der Waals surface area contributed by atoms with Crippen LogP contribution in [0.2, 0.25) is 0 Å². The Morgan fingerprint density at radius 2 is 1.63 bits per heavy atom. The molecule has 3 aliphatic carbocycles. The number of aromatic amines is 1.